The maximum absolute atomic E-state index is 11.7. The van der Waals surface area contributed by atoms with Crippen LogP contribution in [0.3, 0.4) is 0 Å². The largest absolute Gasteiger partial charge is 0.335 e. The number of anilines is 1. The van der Waals surface area contributed by atoms with Gasteiger partial charge in [-0.25, -0.2) is 0 Å². The lowest BCUT2D eigenvalue weighted by Crippen LogP contribution is -2.29. The van der Waals surface area contributed by atoms with E-state index in [4.69, 9.17) is 0 Å². The van der Waals surface area contributed by atoms with E-state index in [0.717, 1.165) is 18.7 Å². The normalized spacial score (nSPS) is 18.8. The maximum Gasteiger partial charge on any atom is 0.276 e. The molecule has 0 fully saturated rings. The zero-order chi connectivity index (χ0) is 12.0. The molecule has 5 heteroatoms. The Hall–Kier alpha value is -1.62. The Kier molecular flexibility index (Phi) is 2.29. The Balaban J connectivity index is 2.09. The summed E-state index contributed by atoms with van der Waals surface area (Å²) in [5, 5.41) is 2.28. The number of nitrogens with zero attached hydrogens (tertiary/aromatic N) is 1. The van der Waals surface area contributed by atoms with Crippen LogP contribution in [0.25, 0.3) is 0 Å². The van der Waals surface area contributed by atoms with Crippen LogP contribution in [0.4, 0.5) is 5.69 Å². The van der Waals surface area contributed by atoms with E-state index in [1.165, 1.54) is 5.56 Å². The van der Waals surface area contributed by atoms with Crippen LogP contribution < -0.4 is 10.2 Å². The van der Waals surface area contributed by atoms with E-state index >= 15 is 0 Å². The van der Waals surface area contributed by atoms with Crippen LogP contribution >= 0.6 is 15.9 Å². The molecule has 1 aromatic rings. The second-order valence-electron chi connectivity index (χ2n) is 3.98. The summed E-state index contributed by atoms with van der Waals surface area (Å²) in [4.78, 5) is 25.0. The molecule has 1 N–H and O–H groups in total. The maximum atomic E-state index is 11.7. The lowest BCUT2D eigenvalue weighted by atomic mass is 10.2. The summed E-state index contributed by atoms with van der Waals surface area (Å²) in [5.41, 5.74) is 2.62. The molecule has 4 nitrogen and oxygen atoms in total. The van der Waals surface area contributed by atoms with Gasteiger partial charge in [0.1, 0.15) is 10.2 Å². The number of amides is 2. The molecule has 0 aliphatic carbocycles. The zero-order valence-electron chi connectivity index (χ0n) is 8.87. The van der Waals surface area contributed by atoms with Crippen molar-refractivity contribution in [2.24, 2.45) is 0 Å². The predicted octanol–water partition coefficient (Wildman–Crippen LogP) is 1.31. The van der Waals surface area contributed by atoms with Crippen LogP contribution in [0.1, 0.15) is 5.56 Å². The van der Waals surface area contributed by atoms with Crippen molar-refractivity contribution >= 4 is 33.4 Å². The number of imide groups is 1. The van der Waals surface area contributed by atoms with E-state index in [2.05, 4.69) is 21.2 Å². The van der Waals surface area contributed by atoms with Gasteiger partial charge in [0.2, 0.25) is 0 Å². The van der Waals surface area contributed by atoms with Crippen LogP contribution in [-0.4, -0.2) is 18.4 Å². The molecule has 0 radical (unpaired) electrons. The summed E-state index contributed by atoms with van der Waals surface area (Å²) in [6.07, 6.45) is 0.890. The van der Waals surface area contributed by atoms with Crippen molar-refractivity contribution in [3.63, 3.8) is 0 Å². The molecule has 17 heavy (non-hydrogen) atoms. The molecule has 0 atom stereocenters. The molecule has 0 aromatic heterocycles. The van der Waals surface area contributed by atoms with Crippen molar-refractivity contribution in [2.45, 2.75) is 6.42 Å². The Morgan fingerprint density at radius 3 is 2.65 bits per heavy atom. The predicted molar refractivity (Wildman–Crippen MR) is 66.6 cm³/mol. The minimum Gasteiger partial charge on any atom is -0.335 e. The Labute approximate surface area is 106 Å². The molecular formula is C12H9BrN2O2. The Bertz CT molecular complexity index is 565. The first-order valence-electron chi connectivity index (χ1n) is 5.29. The summed E-state index contributed by atoms with van der Waals surface area (Å²) < 4.78 is 0.319. The van der Waals surface area contributed by atoms with E-state index in [-0.39, 0.29) is 11.8 Å². The van der Waals surface area contributed by atoms with Crippen LogP contribution in [0.2, 0.25) is 0 Å². The Morgan fingerprint density at radius 2 is 1.94 bits per heavy atom. The first kappa shape index (κ1) is 10.5. The number of carbonyl (C=O) groups excluding carboxylic acids is 2. The first-order chi connectivity index (χ1) is 8.18. The molecule has 3 rings (SSSR count). The fourth-order valence-electron chi connectivity index (χ4n) is 2.24. The van der Waals surface area contributed by atoms with Crippen molar-refractivity contribution in [1.29, 1.82) is 0 Å². The standard InChI is InChI=1S/C12H9BrN2O2/c13-9-10(12(17)14-11(9)16)15-6-5-7-3-1-2-4-8(7)15/h1-4H,5-6H2,(H,14,16,17). The van der Waals surface area contributed by atoms with Gasteiger partial charge in [-0.1, -0.05) is 18.2 Å². The number of hydrogen-bond donors (Lipinski definition) is 1. The summed E-state index contributed by atoms with van der Waals surface area (Å²) in [5.74, 6) is -0.701. The quantitative estimate of drug-likeness (QED) is 0.794. The van der Waals surface area contributed by atoms with Crippen molar-refractivity contribution < 1.29 is 9.59 Å². The van der Waals surface area contributed by atoms with Gasteiger partial charge in [0.25, 0.3) is 11.8 Å². The van der Waals surface area contributed by atoms with Crippen LogP contribution in [0.5, 0.6) is 0 Å². The van der Waals surface area contributed by atoms with Crippen LogP contribution in [0.15, 0.2) is 34.4 Å². The molecule has 2 aliphatic rings. The van der Waals surface area contributed by atoms with E-state index in [1.54, 1.807) is 0 Å². The molecule has 2 heterocycles. The average Bonchev–Trinajstić information content (AvgIpc) is 2.82. The number of rotatable bonds is 1. The molecule has 2 aliphatic heterocycles. The van der Waals surface area contributed by atoms with E-state index in [1.807, 2.05) is 29.2 Å². The van der Waals surface area contributed by atoms with Gasteiger partial charge in [0, 0.05) is 12.2 Å². The van der Waals surface area contributed by atoms with Crippen molar-refractivity contribution in [2.75, 3.05) is 11.4 Å². The lowest BCUT2D eigenvalue weighted by Gasteiger charge is -2.19. The zero-order valence-corrected chi connectivity index (χ0v) is 10.5. The van der Waals surface area contributed by atoms with Gasteiger partial charge >= 0.3 is 0 Å². The number of nitrogens with one attached hydrogen (secondary N) is 1. The molecule has 0 saturated carbocycles. The minimum absolute atomic E-state index is 0.319. The van der Waals surface area contributed by atoms with Gasteiger partial charge in [0.05, 0.1) is 0 Å². The molecule has 0 bridgehead atoms. The Morgan fingerprint density at radius 1 is 1.18 bits per heavy atom. The third-order valence-electron chi connectivity index (χ3n) is 3.01. The average molecular weight is 293 g/mol. The van der Waals surface area contributed by atoms with Gasteiger partial charge in [-0.3, -0.25) is 14.9 Å². The highest BCUT2D eigenvalue weighted by atomic mass is 79.9. The molecule has 0 saturated heterocycles. The van der Waals surface area contributed by atoms with Crippen LogP contribution in [-0.2, 0) is 16.0 Å². The molecular weight excluding hydrogens is 284 g/mol. The topological polar surface area (TPSA) is 49.4 Å². The summed E-state index contributed by atoms with van der Waals surface area (Å²) in [6, 6.07) is 7.91. The van der Waals surface area contributed by atoms with Gasteiger partial charge in [-0.2, -0.15) is 0 Å². The summed E-state index contributed by atoms with van der Waals surface area (Å²) in [6.45, 7) is 0.727. The molecule has 0 spiro atoms. The number of halogens is 1. The third kappa shape index (κ3) is 1.50. The van der Waals surface area contributed by atoms with E-state index < -0.39 is 0 Å². The SMILES string of the molecule is O=C1NC(=O)C(N2CCc3ccccc32)=C1Br. The third-order valence-corrected chi connectivity index (χ3v) is 3.74. The van der Waals surface area contributed by atoms with Gasteiger partial charge in [-0.05, 0) is 34.0 Å². The summed E-state index contributed by atoms with van der Waals surface area (Å²) in [7, 11) is 0. The lowest BCUT2D eigenvalue weighted by molar-refractivity contribution is -0.123. The van der Waals surface area contributed by atoms with E-state index in [9.17, 15) is 9.59 Å². The van der Waals surface area contributed by atoms with Gasteiger partial charge in [-0.15, -0.1) is 0 Å². The number of para-hydroxylation sites is 1. The summed E-state index contributed by atoms with van der Waals surface area (Å²) >= 11 is 3.18. The van der Waals surface area contributed by atoms with Crippen molar-refractivity contribution in [1.82, 2.24) is 5.32 Å². The molecule has 1 aromatic carbocycles. The number of carbonyl (C=O) groups is 2. The second kappa shape index (κ2) is 3.70. The highest BCUT2D eigenvalue weighted by Gasteiger charge is 2.35. The monoisotopic (exact) mass is 292 g/mol. The number of benzene rings is 1. The fraction of sp³-hybridized carbons (Fsp3) is 0.167. The molecule has 86 valence electrons. The van der Waals surface area contributed by atoms with Gasteiger partial charge in [0.15, 0.2) is 0 Å². The molecule has 2 amide bonds. The first-order valence-corrected chi connectivity index (χ1v) is 6.08. The minimum atomic E-state index is -0.366. The highest BCUT2D eigenvalue weighted by molar-refractivity contribution is 9.12. The highest BCUT2D eigenvalue weighted by Crippen LogP contribution is 2.34. The number of fused-ring (bicyclic) bond motifs is 1. The van der Waals surface area contributed by atoms with Gasteiger partial charge < -0.3 is 4.90 Å². The number of hydrogen-bond acceptors (Lipinski definition) is 3. The fourth-order valence-corrected chi connectivity index (χ4v) is 2.73. The second-order valence-corrected chi connectivity index (χ2v) is 4.77. The smallest absolute Gasteiger partial charge is 0.276 e. The van der Waals surface area contributed by atoms with Crippen molar-refractivity contribution in [3.8, 4) is 0 Å². The molecule has 0 unspecified atom stereocenters. The van der Waals surface area contributed by atoms with Crippen LogP contribution in [0, 0.1) is 0 Å². The van der Waals surface area contributed by atoms with Crippen molar-refractivity contribution in [3.05, 3.63) is 40.0 Å². The van der Waals surface area contributed by atoms with E-state index in [0.29, 0.717) is 10.2 Å².